The SMILES string of the molecule is CN(C(=O)CN(CCO)C1CCSCC1)c1ccccc1. The lowest BCUT2D eigenvalue weighted by atomic mass is 10.1. The van der Waals surface area contributed by atoms with Crippen molar-refractivity contribution in [3.05, 3.63) is 30.3 Å². The molecule has 21 heavy (non-hydrogen) atoms. The molecule has 116 valence electrons. The van der Waals surface area contributed by atoms with Crippen LogP contribution in [0.4, 0.5) is 5.69 Å². The summed E-state index contributed by atoms with van der Waals surface area (Å²) in [4.78, 5) is 16.3. The van der Waals surface area contributed by atoms with E-state index in [0.717, 1.165) is 30.0 Å². The highest BCUT2D eigenvalue weighted by Crippen LogP contribution is 2.22. The van der Waals surface area contributed by atoms with Gasteiger partial charge in [-0.1, -0.05) is 18.2 Å². The lowest BCUT2D eigenvalue weighted by Crippen LogP contribution is -2.46. The molecule has 4 nitrogen and oxygen atoms in total. The van der Waals surface area contributed by atoms with Crippen molar-refractivity contribution in [2.75, 3.05) is 43.1 Å². The first kappa shape index (κ1) is 16.3. The van der Waals surface area contributed by atoms with Crippen molar-refractivity contribution in [2.45, 2.75) is 18.9 Å². The molecular formula is C16H24N2O2S. The molecular weight excluding hydrogens is 284 g/mol. The van der Waals surface area contributed by atoms with E-state index in [2.05, 4.69) is 4.90 Å². The molecule has 1 heterocycles. The number of carbonyl (C=O) groups is 1. The highest BCUT2D eigenvalue weighted by atomic mass is 32.2. The summed E-state index contributed by atoms with van der Waals surface area (Å²) in [6.07, 6.45) is 2.21. The summed E-state index contributed by atoms with van der Waals surface area (Å²) in [5.74, 6) is 2.37. The van der Waals surface area contributed by atoms with Gasteiger partial charge in [-0.3, -0.25) is 9.69 Å². The molecule has 0 saturated carbocycles. The number of hydrogen-bond acceptors (Lipinski definition) is 4. The number of thioether (sulfide) groups is 1. The van der Waals surface area contributed by atoms with Gasteiger partial charge in [0.15, 0.2) is 0 Å². The van der Waals surface area contributed by atoms with Gasteiger partial charge in [-0.2, -0.15) is 11.8 Å². The summed E-state index contributed by atoms with van der Waals surface area (Å²) < 4.78 is 0. The van der Waals surface area contributed by atoms with E-state index in [9.17, 15) is 9.90 Å². The van der Waals surface area contributed by atoms with Crippen LogP contribution in [0.3, 0.4) is 0 Å². The number of rotatable bonds is 6. The Bertz CT molecular complexity index is 435. The Morgan fingerprint density at radius 2 is 1.95 bits per heavy atom. The fourth-order valence-corrected chi connectivity index (χ4v) is 3.73. The number of para-hydroxylation sites is 1. The van der Waals surface area contributed by atoms with Crippen molar-refractivity contribution in [3.63, 3.8) is 0 Å². The molecule has 1 aliphatic rings. The fourth-order valence-electron chi connectivity index (χ4n) is 2.64. The molecule has 0 atom stereocenters. The van der Waals surface area contributed by atoms with E-state index >= 15 is 0 Å². The maximum atomic E-state index is 12.5. The zero-order chi connectivity index (χ0) is 15.1. The lowest BCUT2D eigenvalue weighted by molar-refractivity contribution is -0.120. The van der Waals surface area contributed by atoms with Crippen LogP contribution in [0.25, 0.3) is 0 Å². The van der Waals surface area contributed by atoms with Crippen LogP contribution in [-0.2, 0) is 4.79 Å². The first-order valence-corrected chi connectivity index (χ1v) is 8.62. The summed E-state index contributed by atoms with van der Waals surface area (Å²) in [7, 11) is 1.81. The Balaban J connectivity index is 1.97. The van der Waals surface area contributed by atoms with Crippen molar-refractivity contribution in [1.29, 1.82) is 0 Å². The number of benzene rings is 1. The van der Waals surface area contributed by atoms with Gasteiger partial charge < -0.3 is 10.0 Å². The van der Waals surface area contributed by atoms with Gasteiger partial charge in [0.05, 0.1) is 13.2 Å². The number of amides is 1. The first-order chi connectivity index (χ1) is 10.2. The Morgan fingerprint density at radius 3 is 2.57 bits per heavy atom. The quantitative estimate of drug-likeness (QED) is 0.871. The predicted octanol–water partition coefficient (Wildman–Crippen LogP) is 1.84. The topological polar surface area (TPSA) is 43.8 Å². The van der Waals surface area contributed by atoms with Gasteiger partial charge in [-0.15, -0.1) is 0 Å². The van der Waals surface area contributed by atoms with Crippen LogP contribution < -0.4 is 4.90 Å². The van der Waals surface area contributed by atoms with E-state index in [1.54, 1.807) is 4.90 Å². The van der Waals surface area contributed by atoms with Gasteiger partial charge in [-0.25, -0.2) is 0 Å². The number of likely N-dealkylation sites (N-methyl/N-ethyl adjacent to an activating group) is 1. The molecule has 0 radical (unpaired) electrons. The number of anilines is 1. The monoisotopic (exact) mass is 308 g/mol. The number of aliphatic hydroxyl groups excluding tert-OH is 1. The number of carbonyl (C=O) groups excluding carboxylic acids is 1. The third-order valence-corrected chi connectivity index (χ3v) is 5.00. The molecule has 1 amide bonds. The molecule has 0 spiro atoms. The van der Waals surface area contributed by atoms with E-state index in [4.69, 9.17) is 0 Å². The first-order valence-electron chi connectivity index (χ1n) is 7.46. The molecule has 0 aromatic heterocycles. The predicted molar refractivity (Wildman–Crippen MR) is 88.9 cm³/mol. The van der Waals surface area contributed by atoms with Gasteiger partial charge in [0, 0.05) is 25.3 Å². The third kappa shape index (κ3) is 4.73. The average Bonchev–Trinajstić information content (AvgIpc) is 2.55. The second-order valence-corrected chi connectivity index (χ2v) is 6.55. The summed E-state index contributed by atoms with van der Waals surface area (Å²) in [6.45, 7) is 1.05. The highest BCUT2D eigenvalue weighted by Gasteiger charge is 2.24. The largest absolute Gasteiger partial charge is 0.395 e. The average molecular weight is 308 g/mol. The molecule has 1 saturated heterocycles. The van der Waals surface area contributed by atoms with Crippen molar-refractivity contribution in [1.82, 2.24) is 4.90 Å². The Morgan fingerprint density at radius 1 is 1.29 bits per heavy atom. The van der Waals surface area contributed by atoms with E-state index in [1.165, 1.54) is 0 Å². The van der Waals surface area contributed by atoms with E-state index in [-0.39, 0.29) is 12.5 Å². The Kier molecular flexibility index (Phi) is 6.54. The summed E-state index contributed by atoms with van der Waals surface area (Å²) in [5, 5.41) is 9.26. The van der Waals surface area contributed by atoms with Crippen LogP contribution in [0, 0.1) is 0 Å². The molecule has 0 unspecified atom stereocenters. The standard InChI is InChI=1S/C16H24N2O2S/c1-17(14-5-3-2-4-6-14)16(20)13-18(9-10-19)15-7-11-21-12-8-15/h2-6,15,19H,7-13H2,1H3. The van der Waals surface area contributed by atoms with Crippen LogP contribution in [-0.4, -0.2) is 60.2 Å². The second-order valence-electron chi connectivity index (χ2n) is 5.33. The van der Waals surface area contributed by atoms with Gasteiger partial charge >= 0.3 is 0 Å². The van der Waals surface area contributed by atoms with Gasteiger partial charge in [0.2, 0.25) is 5.91 Å². The number of aliphatic hydroxyl groups is 1. The molecule has 1 fully saturated rings. The molecule has 1 aliphatic heterocycles. The molecule has 1 aromatic carbocycles. The number of hydrogen-bond donors (Lipinski definition) is 1. The van der Waals surface area contributed by atoms with Gasteiger partial charge in [0.25, 0.3) is 0 Å². The Labute approximate surface area is 131 Å². The van der Waals surface area contributed by atoms with Crippen LogP contribution in [0.2, 0.25) is 0 Å². The van der Waals surface area contributed by atoms with Crippen LogP contribution in [0.5, 0.6) is 0 Å². The normalized spacial score (nSPS) is 16.1. The molecule has 2 rings (SSSR count). The molecule has 1 N–H and O–H groups in total. The maximum Gasteiger partial charge on any atom is 0.240 e. The van der Waals surface area contributed by atoms with E-state index in [0.29, 0.717) is 19.1 Å². The minimum atomic E-state index is 0.0767. The number of nitrogens with zero attached hydrogens (tertiary/aromatic N) is 2. The molecule has 0 bridgehead atoms. The summed E-state index contributed by atoms with van der Waals surface area (Å²) in [5.41, 5.74) is 0.908. The lowest BCUT2D eigenvalue weighted by Gasteiger charge is -2.34. The molecule has 1 aromatic rings. The van der Waals surface area contributed by atoms with Crippen molar-refractivity contribution < 1.29 is 9.90 Å². The highest BCUT2D eigenvalue weighted by molar-refractivity contribution is 7.99. The third-order valence-electron chi connectivity index (χ3n) is 3.95. The zero-order valence-electron chi connectivity index (χ0n) is 12.6. The van der Waals surface area contributed by atoms with Crippen LogP contribution in [0.1, 0.15) is 12.8 Å². The smallest absolute Gasteiger partial charge is 0.240 e. The minimum absolute atomic E-state index is 0.0767. The van der Waals surface area contributed by atoms with Crippen LogP contribution >= 0.6 is 11.8 Å². The molecule has 5 heteroatoms. The maximum absolute atomic E-state index is 12.5. The van der Waals surface area contributed by atoms with Crippen molar-refractivity contribution >= 4 is 23.4 Å². The van der Waals surface area contributed by atoms with Gasteiger partial charge in [-0.05, 0) is 36.5 Å². The second kappa shape index (κ2) is 8.41. The zero-order valence-corrected chi connectivity index (χ0v) is 13.4. The summed E-state index contributed by atoms with van der Waals surface area (Å²) >= 11 is 1.97. The van der Waals surface area contributed by atoms with Crippen LogP contribution in [0.15, 0.2) is 30.3 Å². The van der Waals surface area contributed by atoms with Crippen molar-refractivity contribution in [3.8, 4) is 0 Å². The van der Waals surface area contributed by atoms with Gasteiger partial charge in [0.1, 0.15) is 0 Å². The molecule has 0 aliphatic carbocycles. The van der Waals surface area contributed by atoms with E-state index in [1.807, 2.05) is 49.1 Å². The van der Waals surface area contributed by atoms with E-state index < -0.39 is 0 Å². The Hall–Kier alpha value is -1.04. The fraction of sp³-hybridized carbons (Fsp3) is 0.562. The van der Waals surface area contributed by atoms with Crippen molar-refractivity contribution in [2.24, 2.45) is 0 Å². The minimum Gasteiger partial charge on any atom is -0.395 e. The summed E-state index contributed by atoms with van der Waals surface area (Å²) in [6, 6.07) is 10.1.